The summed E-state index contributed by atoms with van der Waals surface area (Å²) in [6.45, 7) is -0.0428. The second-order valence-electron chi connectivity index (χ2n) is 5.13. The van der Waals surface area contributed by atoms with Gasteiger partial charge in [0.15, 0.2) is 0 Å². The van der Waals surface area contributed by atoms with Crippen LogP contribution in [0.15, 0.2) is 51.5 Å². The van der Waals surface area contributed by atoms with Gasteiger partial charge in [0.05, 0.1) is 22.1 Å². The first kappa shape index (κ1) is 18.0. The van der Waals surface area contributed by atoms with Crippen molar-refractivity contribution >= 4 is 39.1 Å². The molecule has 0 fully saturated rings. The van der Waals surface area contributed by atoms with E-state index in [1.165, 1.54) is 12.1 Å². The van der Waals surface area contributed by atoms with E-state index in [2.05, 4.69) is 31.4 Å². The zero-order valence-corrected chi connectivity index (χ0v) is 15.3. The fourth-order valence-corrected chi connectivity index (χ4v) is 2.73. The Hall–Kier alpha value is -2.78. The molecule has 0 saturated heterocycles. The van der Waals surface area contributed by atoms with E-state index in [-0.39, 0.29) is 28.7 Å². The Morgan fingerprint density at radius 2 is 2.12 bits per heavy atom. The summed E-state index contributed by atoms with van der Waals surface area (Å²) in [6.07, 6.45) is 0. The number of nitrogens with zero attached hydrogens (tertiary/aromatic N) is 3. The topological polar surface area (TPSA) is 111 Å². The molecule has 0 atom stereocenters. The minimum absolute atomic E-state index is 0.00686. The Bertz CT molecular complexity index is 992. The quantitative estimate of drug-likeness (QED) is 0.477. The number of non-ortho nitro benzene ring substituents is 1. The highest BCUT2D eigenvalue weighted by Gasteiger charge is 2.17. The van der Waals surface area contributed by atoms with Crippen LogP contribution < -0.4 is 5.32 Å². The molecule has 8 nitrogen and oxygen atoms in total. The van der Waals surface area contributed by atoms with Crippen LogP contribution in [-0.2, 0) is 6.54 Å². The minimum Gasteiger partial charge on any atom is -0.343 e. The number of hydrogen-bond acceptors (Lipinski definition) is 6. The van der Waals surface area contributed by atoms with Crippen molar-refractivity contribution in [1.82, 2.24) is 15.5 Å². The molecule has 1 amide bonds. The Labute approximate surface area is 160 Å². The highest BCUT2D eigenvalue weighted by molar-refractivity contribution is 9.10. The molecule has 0 bridgehead atoms. The lowest BCUT2D eigenvalue weighted by Crippen LogP contribution is -2.23. The number of aromatic nitrogens is 2. The third-order valence-corrected chi connectivity index (χ3v) is 4.18. The fourth-order valence-electron chi connectivity index (χ4n) is 2.12. The highest BCUT2D eigenvalue weighted by atomic mass is 79.9. The molecule has 26 heavy (non-hydrogen) atoms. The van der Waals surface area contributed by atoms with Crippen LogP contribution in [0.4, 0.5) is 5.69 Å². The summed E-state index contributed by atoms with van der Waals surface area (Å²) in [7, 11) is 0. The molecule has 10 heteroatoms. The Morgan fingerprint density at radius 1 is 1.31 bits per heavy atom. The van der Waals surface area contributed by atoms with Gasteiger partial charge in [-0.1, -0.05) is 44.8 Å². The molecule has 2 aromatic carbocycles. The van der Waals surface area contributed by atoms with Crippen LogP contribution in [0.3, 0.4) is 0 Å². The van der Waals surface area contributed by atoms with E-state index < -0.39 is 10.8 Å². The summed E-state index contributed by atoms with van der Waals surface area (Å²) in [4.78, 5) is 26.6. The molecule has 0 aliphatic carbocycles. The van der Waals surface area contributed by atoms with Gasteiger partial charge in [0.25, 0.3) is 11.6 Å². The average Bonchev–Trinajstić information content (AvgIpc) is 3.09. The molecule has 3 aromatic rings. The first-order valence-electron chi connectivity index (χ1n) is 7.24. The summed E-state index contributed by atoms with van der Waals surface area (Å²) >= 11 is 9.30. The van der Waals surface area contributed by atoms with Gasteiger partial charge in [0, 0.05) is 22.2 Å². The van der Waals surface area contributed by atoms with Gasteiger partial charge in [-0.05, 0) is 18.2 Å². The van der Waals surface area contributed by atoms with Crippen LogP contribution in [0.2, 0.25) is 5.02 Å². The molecule has 132 valence electrons. The second-order valence-corrected chi connectivity index (χ2v) is 6.45. The molecule has 0 aliphatic heterocycles. The minimum atomic E-state index is -0.602. The van der Waals surface area contributed by atoms with Crippen molar-refractivity contribution in [1.29, 1.82) is 0 Å². The molecule has 0 saturated carbocycles. The molecular formula is C16H10BrClN4O4. The lowest BCUT2D eigenvalue weighted by molar-refractivity contribution is -0.384. The van der Waals surface area contributed by atoms with Gasteiger partial charge in [0.1, 0.15) is 0 Å². The third-order valence-electron chi connectivity index (χ3n) is 3.36. The molecule has 3 rings (SSSR count). The van der Waals surface area contributed by atoms with Crippen LogP contribution in [0, 0.1) is 10.1 Å². The maximum absolute atomic E-state index is 12.2. The molecule has 0 unspecified atom stereocenters. The van der Waals surface area contributed by atoms with E-state index in [9.17, 15) is 14.9 Å². The molecular weight excluding hydrogens is 428 g/mol. The van der Waals surface area contributed by atoms with Gasteiger partial charge in [-0.3, -0.25) is 14.9 Å². The van der Waals surface area contributed by atoms with Gasteiger partial charge >= 0.3 is 0 Å². The van der Waals surface area contributed by atoms with Crippen molar-refractivity contribution in [2.75, 3.05) is 0 Å². The molecule has 1 aromatic heterocycles. The zero-order valence-electron chi connectivity index (χ0n) is 13.0. The Morgan fingerprint density at radius 3 is 2.85 bits per heavy atom. The van der Waals surface area contributed by atoms with Crippen LogP contribution in [0.1, 0.15) is 16.2 Å². The van der Waals surface area contributed by atoms with Crippen molar-refractivity contribution < 1.29 is 14.2 Å². The summed E-state index contributed by atoms with van der Waals surface area (Å²) < 4.78 is 5.98. The second kappa shape index (κ2) is 7.63. The van der Waals surface area contributed by atoms with Crippen molar-refractivity contribution in [3.63, 3.8) is 0 Å². The molecule has 0 spiro atoms. The van der Waals surface area contributed by atoms with Gasteiger partial charge in [-0.2, -0.15) is 4.98 Å². The van der Waals surface area contributed by atoms with Crippen LogP contribution >= 0.6 is 27.5 Å². The summed E-state index contributed by atoms with van der Waals surface area (Å²) in [6, 6.07) is 11.0. The van der Waals surface area contributed by atoms with Crippen molar-refractivity contribution in [3.8, 4) is 11.4 Å². The number of carbonyl (C=O) groups is 1. The van der Waals surface area contributed by atoms with Gasteiger partial charge in [0.2, 0.25) is 11.7 Å². The summed E-state index contributed by atoms with van der Waals surface area (Å²) in [5, 5.41) is 17.3. The average molecular weight is 438 g/mol. The number of hydrogen-bond donors (Lipinski definition) is 1. The maximum atomic E-state index is 12.2. The van der Waals surface area contributed by atoms with Crippen molar-refractivity contribution in [3.05, 3.63) is 73.5 Å². The largest absolute Gasteiger partial charge is 0.343 e. The van der Waals surface area contributed by atoms with Crippen molar-refractivity contribution in [2.45, 2.75) is 6.54 Å². The first-order chi connectivity index (χ1) is 12.4. The van der Waals surface area contributed by atoms with Gasteiger partial charge in [-0.15, -0.1) is 0 Å². The van der Waals surface area contributed by atoms with Gasteiger partial charge in [-0.25, -0.2) is 0 Å². The standard InChI is InChI=1S/C16H10BrClN4O4/c17-10-3-1-2-9(6-10)15-20-14(26-21-15)8-19-16(23)12-7-11(22(24)25)4-5-13(12)18/h1-7H,8H2,(H,19,23). The number of carbonyl (C=O) groups excluding carboxylic acids is 1. The summed E-state index contributed by atoms with van der Waals surface area (Å²) in [5.74, 6) is -0.0142. The Balaban J connectivity index is 1.71. The smallest absolute Gasteiger partial charge is 0.270 e. The van der Waals surface area contributed by atoms with E-state index in [0.717, 1.165) is 16.1 Å². The SMILES string of the molecule is O=C(NCc1nc(-c2cccc(Br)c2)no1)c1cc([N+](=O)[O-])ccc1Cl. The predicted octanol–water partition coefficient (Wildman–Crippen LogP) is 3.99. The number of nitro groups is 1. The third kappa shape index (κ3) is 4.06. The van der Waals surface area contributed by atoms with Crippen molar-refractivity contribution in [2.24, 2.45) is 0 Å². The van der Waals surface area contributed by atoms with E-state index in [0.29, 0.717) is 5.82 Å². The van der Waals surface area contributed by atoms with E-state index in [1.54, 1.807) is 0 Å². The number of nitro benzene ring substituents is 1. The zero-order chi connectivity index (χ0) is 18.7. The van der Waals surface area contributed by atoms with Crippen LogP contribution in [0.25, 0.3) is 11.4 Å². The van der Waals surface area contributed by atoms with Gasteiger partial charge < -0.3 is 9.84 Å². The van der Waals surface area contributed by atoms with E-state index in [4.69, 9.17) is 16.1 Å². The maximum Gasteiger partial charge on any atom is 0.270 e. The fraction of sp³-hybridized carbons (Fsp3) is 0.0625. The highest BCUT2D eigenvalue weighted by Crippen LogP contribution is 2.22. The number of amides is 1. The number of benzene rings is 2. The summed E-state index contributed by atoms with van der Waals surface area (Å²) in [5.41, 5.74) is 0.518. The number of nitrogens with one attached hydrogen (secondary N) is 1. The molecule has 1 N–H and O–H groups in total. The molecule has 1 heterocycles. The molecule has 0 radical (unpaired) electrons. The lowest BCUT2D eigenvalue weighted by Gasteiger charge is -2.04. The molecule has 0 aliphatic rings. The number of rotatable bonds is 5. The first-order valence-corrected chi connectivity index (χ1v) is 8.42. The monoisotopic (exact) mass is 436 g/mol. The van der Waals surface area contributed by atoms with Crippen LogP contribution in [0.5, 0.6) is 0 Å². The normalized spacial score (nSPS) is 10.5. The lowest BCUT2D eigenvalue weighted by atomic mass is 10.2. The predicted molar refractivity (Wildman–Crippen MR) is 96.7 cm³/mol. The van der Waals surface area contributed by atoms with E-state index >= 15 is 0 Å². The Kier molecular flexibility index (Phi) is 5.29. The van der Waals surface area contributed by atoms with Crippen LogP contribution in [-0.4, -0.2) is 21.0 Å². The van der Waals surface area contributed by atoms with E-state index in [1.807, 2.05) is 24.3 Å². The number of halogens is 2.